The average Bonchev–Trinajstić information content (AvgIpc) is 3.33. The maximum absolute atomic E-state index is 12.5. The molecule has 0 bridgehead atoms. The van der Waals surface area contributed by atoms with Gasteiger partial charge in [0, 0.05) is 11.1 Å². The van der Waals surface area contributed by atoms with E-state index in [-0.39, 0.29) is 5.91 Å². The fourth-order valence-corrected chi connectivity index (χ4v) is 3.45. The van der Waals surface area contributed by atoms with Crippen molar-refractivity contribution in [3.05, 3.63) is 96.3 Å². The van der Waals surface area contributed by atoms with Gasteiger partial charge in [0.05, 0.1) is 11.9 Å². The standard InChI is InChI=1S/C23H16N6O/c30-23(16-9-11-19(12-10-16)29-15-25-27-28-29)26-24-14-22-20-7-3-1-5-17(20)13-18-6-2-4-8-21(18)22/h1-15H,(H,26,30)/b24-14+. The molecule has 1 amide bonds. The monoisotopic (exact) mass is 392 g/mol. The largest absolute Gasteiger partial charge is 0.271 e. The molecule has 0 radical (unpaired) electrons. The molecule has 0 aliphatic rings. The zero-order valence-electron chi connectivity index (χ0n) is 15.8. The molecule has 7 nitrogen and oxygen atoms in total. The molecule has 0 spiro atoms. The van der Waals surface area contributed by atoms with Crippen LogP contribution in [0.4, 0.5) is 0 Å². The summed E-state index contributed by atoms with van der Waals surface area (Å²) in [6.07, 6.45) is 3.20. The zero-order chi connectivity index (χ0) is 20.3. The highest BCUT2D eigenvalue weighted by atomic mass is 16.2. The summed E-state index contributed by atoms with van der Waals surface area (Å²) < 4.78 is 1.52. The molecule has 144 valence electrons. The van der Waals surface area contributed by atoms with Crippen molar-refractivity contribution in [3.8, 4) is 5.69 Å². The summed E-state index contributed by atoms with van der Waals surface area (Å²) in [6.45, 7) is 0. The number of fused-ring (bicyclic) bond motifs is 2. The van der Waals surface area contributed by atoms with Gasteiger partial charge in [0.15, 0.2) is 0 Å². The van der Waals surface area contributed by atoms with Crippen molar-refractivity contribution in [2.24, 2.45) is 5.10 Å². The van der Waals surface area contributed by atoms with E-state index in [2.05, 4.69) is 56.4 Å². The molecule has 30 heavy (non-hydrogen) atoms. The maximum atomic E-state index is 12.5. The molecule has 4 aromatic carbocycles. The molecular formula is C23H16N6O. The number of carbonyl (C=O) groups is 1. The second-order valence-corrected chi connectivity index (χ2v) is 6.73. The van der Waals surface area contributed by atoms with Crippen LogP contribution < -0.4 is 5.43 Å². The van der Waals surface area contributed by atoms with Crippen molar-refractivity contribution in [2.45, 2.75) is 0 Å². The van der Waals surface area contributed by atoms with Crippen LogP contribution in [0.2, 0.25) is 0 Å². The summed E-state index contributed by atoms with van der Waals surface area (Å²) in [5.41, 5.74) is 4.84. The molecule has 5 rings (SSSR count). The first kappa shape index (κ1) is 17.7. The highest BCUT2D eigenvalue weighted by Gasteiger charge is 2.07. The van der Waals surface area contributed by atoms with Crippen molar-refractivity contribution < 1.29 is 4.79 Å². The molecule has 0 atom stereocenters. The van der Waals surface area contributed by atoms with Crippen LogP contribution in [0.5, 0.6) is 0 Å². The van der Waals surface area contributed by atoms with E-state index in [4.69, 9.17) is 0 Å². The Balaban J connectivity index is 1.41. The SMILES string of the molecule is O=C(N/N=C/c1c2ccccc2cc2ccccc12)c1ccc(-n2cnnn2)cc1. The average molecular weight is 392 g/mol. The van der Waals surface area contributed by atoms with Crippen LogP contribution in [0.3, 0.4) is 0 Å². The van der Waals surface area contributed by atoms with Crippen LogP contribution in [-0.4, -0.2) is 32.3 Å². The summed E-state index contributed by atoms with van der Waals surface area (Å²) in [4.78, 5) is 12.5. The number of tetrazole rings is 1. The summed E-state index contributed by atoms with van der Waals surface area (Å²) in [5.74, 6) is -0.293. The first-order valence-electron chi connectivity index (χ1n) is 9.37. The predicted molar refractivity (Wildman–Crippen MR) is 116 cm³/mol. The number of aromatic nitrogens is 4. The lowest BCUT2D eigenvalue weighted by molar-refractivity contribution is 0.0955. The van der Waals surface area contributed by atoms with Gasteiger partial charge in [0.25, 0.3) is 5.91 Å². The summed E-state index contributed by atoms with van der Waals surface area (Å²) in [5, 5.41) is 19.7. The topological polar surface area (TPSA) is 85.1 Å². The van der Waals surface area contributed by atoms with E-state index in [1.807, 2.05) is 24.3 Å². The Morgan fingerprint density at radius 2 is 1.57 bits per heavy atom. The van der Waals surface area contributed by atoms with Crippen LogP contribution in [-0.2, 0) is 0 Å². The van der Waals surface area contributed by atoms with E-state index < -0.39 is 0 Å². The van der Waals surface area contributed by atoms with Gasteiger partial charge in [-0.2, -0.15) is 5.10 Å². The van der Waals surface area contributed by atoms with Crippen molar-refractivity contribution in [2.75, 3.05) is 0 Å². The normalized spacial score (nSPS) is 11.3. The van der Waals surface area contributed by atoms with Gasteiger partial charge in [0.1, 0.15) is 6.33 Å². The second kappa shape index (κ2) is 7.56. The quantitative estimate of drug-likeness (QED) is 0.287. The van der Waals surface area contributed by atoms with Crippen LogP contribution in [0.25, 0.3) is 27.2 Å². The highest BCUT2D eigenvalue weighted by molar-refractivity contribution is 6.13. The van der Waals surface area contributed by atoms with Crippen LogP contribution in [0.1, 0.15) is 15.9 Å². The van der Waals surface area contributed by atoms with Gasteiger partial charge in [-0.1, -0.05) is 48.5 Å². The first-order chi connectivity index (χ1) is 14.8. The van der Waals surface area contributed by atoms with E-state index >= 15 is 0 Å². The van der Waals surface area contributed by atoms with Crippen molar-refractivity contribution >= 4 is 33.7 Å². The molecular weight excluding hydrogens is 376 g/mol. The molecule has 5 aromatic rings. The number of hydrazone groups is 1. The molecule has 0 saturated heterocycles. The van der Waals surface area contributed by atoms with Crippen molar-refractivity contribution in [1.29, 1.82) is 0 Å². The molecule has 1 N–H and O–H groups in total. The van der Waals surface area contributed by atoms with Crippen LogP contribution >= 0.6 is 0 Å². The van der Waals surface area contributed by atoms with E-state index in [0.29, 0.717) is 5.56 Å². The Hall–Kier alpha value is -4.39. The van der Waals surface area contributed by atoms with Gasteiger partial charge < -0.3 is 0 Å². The summed E-state index contributed by atoms with van der Waals surface area (Å²) in [6, 6.07) is 25.4. The summed E-state index contributed by atoms with van der Waals surface area (Å²) in [7, 11) is 0. The minimum Gasteiger partial charge on any atom is -0.267 e. The second-order valence-electron chi connectivity index (χ2n) is 6.73. The lowest BCUT2D eigenvalue weighted by Crippen LogP contribution is -2.17. The molecule has 0 unspecified atom stereocenters. The Labute approximate surface area is 171 Å². The van der Waals surface area contributed by atoms with Gasteiger partial charge in [-0.05, 0) is 62.3 Å². The van der Waals surface area contributed by atoms with Crippen LogP contribution in [0, 0.1) is 0 Å². The lowest BCUT2D eigenvalue weighted by atomic mass is 9.97. The van der Waals surface area contributed by atoms with E-state index in [1.54, 1.807) is 30.5 Å². The lowest BCUT2D eigenvalue weighted by Gasteiger charge is -2.08. The van der Waals surface area contributed by atoms with E-state index in [0.717, 1.165) is 32.8 Å². The van der Waals surface area contributed by atoms with Gasteiger partial charge in [0.2, 0.25) is 0 Å². The third kappa shape index (κ3) is 3.29. The van der Waals surface area contributed by atoms with Crippen molar-refractivity contribution in [1.82, 2.24) is 25.6 Å². The molecule has 0 fully saturated rings. The number of rotatable bonds is 4. The number of benzene rings is 4. The minimum atomic E-state index is -0.293. The van der Waals surface area contributed by atoms with Gasteiger partial charge >= 0.3 is 0 Å². The molecule has 0 aliphatic carbocycles. The van der Waals surface area contributed by atoms with Gasteiger partial charge in [-0.25, -0.2) is 10.1 Å². The van der Waals surface area contributed by atoms with Gasteiger partial charge in [-0.15, -0.1) is 5.10 Å². The Bertz CT molecular complexity index is 1320. The minimum absolute atomic E-state index is 0.293. The van der Waals surface area contributed by atoms with Crippen LogP contribution in [0.15, 0.2) is 90.3 Å². The zero-order valence-corrected chi connectivity index (χ0v) is 15.8. The van der Waals surface area contributed by atoms with Crippen molar-refractivity contribution in [3.63, 3.8) is 0 Å². The molecule has 1 aromatic heterocycles. The Morgan fingerprint density at radius 1 is 0.900 bits per heavy atom. The molecule has 1 heterocycles. The number of hydrogen-bond donors (Lipinski definition) is 1. The summed E-state index contributed by atoms with van der Waals surface area (Å²) >= 11 is 0. The smallest absolute Gasteiger partial charge is 0.267 e. The van der Waals surface area contributed by atoms with E-state index in [1.165, 1.54) is 11.0 Å². The fraction of sp³-hybridized carbons (Fsp3) is 0. The number of amides is 1. The first-order valence-corrected chi connectivity index (χ1v) is 9.37. The number of hydrogen-bond acceptors (Lipinski definition) is 5. The molecule has 0 saturated carbocycles. The highest BCUT2D eigenvalue weighted by Crippen LogP contribution is 2.27. The number of nitrogens with zero attached hydrogens (tertiary/aromatic N) is 5. The third-order valence-corrected chi connectivity index (χ3v) is 4.92. The molecule has 7 heteroatoms. The number of nitrogens with one attached hydrogen (secondary N) is 1. The van der Waals surface area contributed by atoms with E-state index in [9.17, 15) is 4.79 Å². The Morgan fingerprint density at radius 3 is 2.20 bits per heavy atom. The maximum Gasteiger partial charge on any atom is 0.271 e. The third-order valence-electron chi connectivity index (χ3n) is 4.92. The molecule has 0 aliphatic heterocycles. The number of carbonyl (C=O) groups excluding carboxylic acids is 1. The fourth-order valence-electron chi connectivity index (χ4n) is 3.45. The van der Waals surface area contributed by atoms with Gasteiger partial charge in [-0.3, -0.25) is 4.79 Å². The predicted octanol–water partition coefficient (Wildman–Crippen LogP) is 3.73. The Kier molecular flexibility index (Phi) is 4.46.